The lowest BCUT2D eigenvalue weighted by Gasteiger charge is -2.37. The fourth-order valence-electron chi connectivity index (χ4n) is 3.37. The number of hydrogen-bond acceptors (Lipinski definition) is 4. The normalized spacial score (nSPS) is 12.9. The Kier molecular flexibility index (Phi) is 4.95. The van der Waals surface area contributed by atoms with E-state index in [4.69, 9.17) is 4.74 Å². The minimum atomic E-state index is -1.08. The van der Waals surface area contributed by atoms with E-state index in [2.05, 4.69) is 10.2 Å². The zero-order chi connectivity index (χ0) is 20.4. The van der Waals surface area contributed by atoms with Crippen molar-refractivity contribution in [2.45, 2.75) is 13.3 Å². The molecule has 1 aliphatic heterocycles. The first-order valence-corrected chi connectivity index (χ1v) is 9.37. The van der Waals surface area contributed by atoms with Crippen LogP contribution in [0.3, 0.4) is 0 Å². The molecule has 0 bridgehead atoms. The van der Waals surface area contributed by atoms with Gasteiger partial charge in [-0.15, -0.1) is 0 Å². The van der Waals surface area contributed by atoms with Crippen LogP contribution in [0.1, 0.15) is 23.7 Å². The molecule has 1 saturated heterocycles. The van der Waals surface area contributed by atoms with E-state index in [1.165, 1.54) is 13.0 Å². The van der Waals surface area contributed by atoms with Gasteiger partial charge in [-0.2, -0.15) is 0 Å². The van der Waals surface area contributed by atoms with E-state index in [-0.39, 0.29) is 11.5 Å². The first-order valence-electron chi connectivity index (χ1n) is 9.37. The Balaban J connectivity index is 2.00. The summed E-state index contributed by atoms with van der Waals surface area (Å²) in [5, 5.41) is 12.7. The van der Waals surface area contributed by atoms with E-state index in [1.807, 2.05) is 42.5 Å². The molecule has 0 spiro atoms. The van der Waals surface area contributed by atoms with E-state index in [0.29, 0.717) is 28.6 Å². The number of carbonyl (C=O) groups is 2. The largest absolute Gasteiger partial charge is 0.478 e. The van der Waals surface area contributed by atoms with Crippen LogP contribution in [0.25, 0.3) is 5.69 Å². The second-order valence-electron chi connectivity index (χ2n) is 6.83. The zero-order valence-electron chi connectivity index (χ0n) is 16.0. The fraction of sp³-hybridized carbons (Fsp3) is 0.182. The molecule has 2 N–H and O–H groups in total. The van der Waals surface area contributed by atoms with Crippen molar-refractivity contribution >= 4 is 23.3 Å². The van der Waals surface area contributed by atoms with Gasteiger partial charge in [0.25, 0.3) is 0 Å². The average Bonchev–Trinajstić information content (AvgIpc) is 3.17. The Hall–Kier alpha value is -3.74. The number of rotatable bonds is 6. The van der Waals surface area contributed by atoms with E-state index in [9.17, 15) is 14.7 Å². The molecule has 1 aliphatic rings. The number of nitrogens with zero attached hydrogens (tertiary/aromatic N) is 2. The van der Waals surface area contributed by atoms with Crippen LogP contribution in [0.2, 0.25) is 0 Å². The molecule has 1 fully saturated rings. The third kappa shape index (κ3) is 3.67. The van der Waals surface area contributed by atoms with Crippen molar-refractivity contribution in [1.29, 1.82) is 0 Å². The molecule has 2 aromatic carbocycles. The van der Waals surface area contributed by atoms with Gasteiger partial charge in [0.15, 0.2) is 5.75 Å². The van der Waals surface area contributed by atoms with Crippen LogP contribution in [0.15, 0.2) is 60.9 Å². The number of aromatic carboxylic acids is 1. The first-order chi connectivity index (χ1) is 14.0. The summed E-state index contributed by atoms with van der Waals surface area (Å²) < 4.78 is 7.98. The van der Waals surface area contributed by atoms with Gasteiger partial charge in [-0.05, 0) is 36.8 Å². The molecule has 1 aromatic heterocycles. The van der Waals surface area contributed by atoms with E-state index >= 15 is 0 Å². The molecule has 148 valence electrons. The summed E-state index contributed by atoms with van der Waals surface area (Å²) in [6.07, 6.45) is 4.60. The van der Waals surface area contributed by atoms with Crippen LogP contribution in [0.4, 0.5) is 11.4 Å². The molecule has 29 heavy (non-hydrogen) atoms. The van der Waals surface area contributed by atoms with Crippen molar-refractivity contribution in [3.05, 3.63) is 66.5 Å². The van der Waals surface area contributed by atoms with Gasteiger partial charge in [0.2, 0.25) is 5.91 Å². The average molecular weight is 391 g/mol. The third-order valence-corrected chi connectivity index (χ3v) is 4.77. The molecule has 0 atom stereocenters. The standard InChI is InChI=1S/C22H21N3O4/c1-15(26)23-18-14-17(22(27)28)19(24-10-5-6-11-24)20(25-12-7-13-25)21(18)29-16-8-3-2-4-9-16/h2-6,8-11,14H,7,12-13H2,1H3,(H,23,26)(H,27,28). The fourth-order valence-corrected chi connectivity index (χ4v) is 3.37. The molecule has 0 saturated carbocycles. The lowest BCUT2D eigenvalue weighted by Crippen LogP contribution is -2.38. The minimum Gasteiger partial charge on any atom is -0.478 e. The Bertz CT molecular complexity index is 1040. The summed E-state index contributed by atoms with van der Waals surface area (Å²) >= 11 is 0. The molecule has 4 rings (SSSR count). The highest BCUT2D eigenvalue weighted by Crippen LogP contribution is 2.46. The predicted octanol–water partition coefficient (Wildman–Crippen LogP) is 4.14. The van der Waals surface area contributed by atoms with Crippen LogP contribution >= 0.6 is 0 Å². The Morgan fingerprint density at radius 3 is 2.28 bits per heavy atom. The summed E-state index contributed by atoms with van der Waals surface area (Å²) in [6, 6.07) is 14.4. The Morgan fingerprint density at radius 1 is 1.03 bits per heavy atom. The molecular formula is C22H21N3O4. The molecular weight excluding hydrogens is 370 g/mol. The molecule has 3 aromatic rings. The molecule has 0 radical (unpaired) electrons. The van der Waals surface area contributed by atoms with Crippen LogP contribution < -0.4 is 15.0 Å². The van der Waals surface area contributed by atoms with Gasteiger partial charge in [-0.3, -0.25) is 4.79 Å². The maximum Gasteiger partial charge on any atom is 0.337 e. The molecule has 7 nitrogen and oxygen atoms in total. The maximum atomic E-state index is 12.1. The second kappa shape index (κ2) is 7.71. The number of anilines is 2. The molecule has 0 unspecified atom stereocenters. The summed E-state index contributed by atoms with van der Waals surface area (Å²) in [5.41, 5.74) is 1.59. The monoisotopic (exact) mass is 391 g/mol. The summed E-state index contributed by atoms with van der Waals surface area (Å²) in [6.45, 7) is 2.94. The number of para-hydroxylation sites is 1. The topological polar surface area (TPSA) is 83.8 Å². The lowest BCUT2D eigenvalue weighted by atomic mass is 10.0. The van der Waals surface area contributed by atoms with Gasteiger partial charge in [0.1, 0.15) is 11.4 Å². The van der Waals surface area contributed by atoms with Crippen LogP contribution in [-0.2, 0) is 4.79 Å². The molecule has 7 heteroatoms. The van der Waals surface area contributed by atoms with Crippen molar-refractivity contribution in [1.82, 2.24) is 4.57 Å². The van der Waals surface area contributed by atoms with Crippen molar-refractivity contribution in [3.63, 3.8) is 0 Å². The van der Waals surface area contributed by atoms with Crippen molar-refractivity contribution in [2.24, 2.45) is 0 Å². The Labute approximate surface area is 168 Å². The molecule has 2 heterocycles. The summed E-state index contributed by atoms with van der Waals surface area (Å²) in [4.78, 5) is 26.0. The third-order valence-electron chi connectivity index (χ3n) is 4.77. The van der Waals surface area contributed by atoms with Crippen LogP contribution in [0.5, 0.6) is 11.5 Å². The van der Waals surface area contributed by atoms with E-state index < -0.39 is 5.97 Å². The van der Waals surface area contributed by atoms with Gasteiger partial charge in [0, 0.05) is 32.4 Å². The highest BCUT2D eigenvalue weighted by Gasteiger charge is 2.30. The number of amides is 1. The predicted molar refractivity (Wildman–Crippen MR) is 110 cm³/mol. The number of aromatic nitrogens is 1. The van der Waals surface area contributed by atoms with Crippen LogP contribution in [0, 0.1) is 0 Å². The Morgan fingerprint density at radius 2 is 1.72 bits per heavy atom. The molecule has 1 amide bonds. The van der Waals surface area contributed by atoms with Gasteiger partial charge >= 0.3 is 5.97 Å². The summed E-state index contributed by atoms with van der Waals surface area (Å²) in [7, 11) is 0. The van der Waals surface area contributed by atoms with Crippen molar-refractivity contribution in [3.8, 4) is 17.2 Å². The smallest absolute Gasteiger partial charge is 0.337 e. The first kappa shape index (κ1) is 18.6. The second-order valence-corrected chi connectivity index (χ2v) is 6.83. The number of carbonyl (C=O) groups excluding carboxylic acids is 1. The minimum absolute atomic E-state index is 0.0901. The number of nitrogens with one attached hydrogen (secondary N) is 1. The van der Waals surface area contributed by atoms with Gasteiger partial charge in [-0.1, -0.05) is 18.2 Å². The van der Waals surface area contributed by atoms with Gasteiger partial charge < -0.3 is 24.6 Å². The highest BCUT2D eigenvalue weighted by atomic mass is 16.5. The zero-order valence-corrected chi connectivity index (χ0v) is 16.0. The van der Waals surface area contributed by atoms with Gasteiger partial charge in [-0.25, -0.2) is 4.79 Å². The van der Waals surface area contributed by atoms with E-state index in [1.54, 1.807) is 17.0 Å². The highest BCUT2D eigenvalue weighted by molar-refractivity contribution is 6.02. The number of hydrogen-bond donors (Lipinski definition) is 2. The number of benzene rings is 2. The van der Waals surface area contributed by atoms with E-state index in [0.717, 1.165) is 19.5 Å². The van der Waals surface area contributed by atoms with Crippen molar-refractivity contribution in [2.75, 3.05) is 23.3 Å². The number of carboxylic acid groups (broad SMARTS) is 1. The maximum absolute atomic E-state index is 12.1. The number of ether oxygens (including phenoxy) is 1. The van der Waals surface area contributed by atoms with Crippen LogP contribution in [-0.4, -0.2) is 34.6 Å². The van der Waals surface area contributed by atoms with Gasteiger partial charge in [0.05, 0.1) is 16.9 Å². The lowest BCUT2D eigenvalue weighted by molar-refractivity contribution is -0.114. The van der Waals surface area contributed by atoms with Crippen molar-refractivity contribution < 1.29 is 19.4 Å². The quantitative estimate of drug-likeness (QED) is 0.660. The SMILES string of the molecule is CC(=O)Nc1cc(C(=O)O)c(-n2cccc2)c(N2CCC2)c1Oc1ccccc1. The summed E-state index contributed by atoms with van der Waals surface area (Å²) in [5.74, 6) is -0.349. The number of carboxylic acids is 1. The molecule has 0 aliphatic carbocycles.